The molecule has 0 amide bonds. The molecule has 0 fully saturated rings. The van der Waals surface area contributed by atoms with Crippen LogP contribution in [0.4, 0.5) is 4.39 Å². The molecular weight excluding hydrogens is 307 g/mol. The predicted octanol–water partition coefficient (Wildman–Crippen LogP) is 4.30. The zero-order valence-corrected chi connectivity index (χ0v) is 12.3. The first-order valence-electron chi connectivity index (χ1n) is 6.08. The average molecular weight is 316 g/mol. The van der Waals surface area contributed by atoms with Gasteiger partial charge in [-0.05, 0) is 41.9 Å². The van der Waals surface area contributed by atoms with E-state index in [2.05, 4.69) is 9.59 Å². The van der Waals surface area contributed by atoms with Crippen molar-refractivity contribution in [2.75, 3.05) is 0 Å². The van der Waals surface area contributed by atoms with Crippen LogP contribution < -0.4 is 0 Å². The van der Waals surface area contributed by atoms with Crippen LogP contribution in [0.5, 0.6) is 0 Å². The lowest BCUT2D eigenvalue weighted by atomic mass is 10.2. The fourth-order valence-corrected chi connectivity index (χ4v) is 3.14. The number of hydrogen-bond donors (Lipinski definition) is 0. The number of carbonyl (C=O) groups is 1. The summed E-state index contributed by atoms with van der Waals surface area (Å²) in [5.41, 5.74) is 1.16. The van der Waals surface area contributed by atoms with Crippen LogP contribution in [0, 0.1) is 5.82 Å². The Kier molecular flexibility index (Phi) is 3.98. The summed E-state index contributed by atoms with van der Waals surface area (Å²) in [4.78, 5) is 13.4. The maximum absolute atomic E-state index is 13.7. The normalized spacial score (nSPS) is 11.1. The van der Waals surface area contributed by atoms with Gasteiger partial charge in [0.2, 0.25) is 0 Å². The number of hydrogen-bond acceptors (Lipinski definition) is 5. The van der Waals surface area contributed by atoms with Gasteiger partial charge in [0.05, 0.1) is 10.6 Å². The van der Waals surface area contributed by atoms with Crippen molar-refractivity contribution in [3.8, 4) is 10.4 Å². The number of benzene rings is 1. The maximum atomic E-state index is 13.7. The first kappa shape index (κ1) is 13.8. The van der Waals surface area contributed by atoms with E-state index in [1.165, 1.54) is 35.0 Å². The average Bonchev–Trinajstić information content (AvgIpc) is 3.17. The maximum Gasteiger partial charge on any atom is 0.195 e. The lowest BCUT2D eigenvalue weighted by Gasteiger charge is -1.97. The van der Waals surface area contributed by atoms with E-state index in [-0.39, 0.29) is 11.6 Å². The standard InChI is InChI=1S/C15H9FN2OS2/c16-12-4-2-1-3-11(12)14-7-8-15(21-14)13(19)6-5-10-9-20-18-17-10/h1-9H/b6-5+. The molecule has 0 aliphatic rings. The molecule has 0 bridgehead atoms. The monoisotopic (exact) mass is 316 g/mol. The van der Waals surface area contributed by atoms with Crippen LogP contribution in [-0.2, 0) is 0 Å². The van der Waals surface area contributed by atoms with Crippen LogP contribution in [0.25, 0.3) is 16.5 Å². The molecule has 2 aromatic heterocycles. The number of allylic oxidation sites excluding steroid dienone is 1. The topological polar surface area (TPSA) is 42.9 Å². The molecule has 0 aliphatic carbocycles. The Hall–Kier alpha value is -2.18. The van der Waals surface area contributed by atoms with Crippen LogP contribution in [-0.4, -0.2) is 15.4 Å². The quantitative estimate of drug-likeness (QED) is 0.532. The summed E-state index contributed by atoms with van der Waals surface area (Å²) in [7, 11) is 0. The molecule has 0 unspecified atom stereocenters. The van der Waals surface area contributed by atoms with Gasteiger partial charge in [0.25, 0.3) is 0 Å². The molecule has 0 saturated heterocycles. The molecule has 0 atom stereocenters. The SMILES string of the molecule is O=C(/C=C/c1csnn1)c1ccc(-c2ccccc2F)s1. The van der Waals surface area contributed by atoms with Crippen LogP contribution in [0.2, 0.25) is 0 Å². The fourth-order valence-electron chi connectivity index (χ4n) is 1.76. The summed E-state index contributed by atoms with van der Waals surface area (Å²) in [6.07, 6.45) is 3.07. The second kappa shape index (κ2) is 6.07. The van der Waals surface area contributed by atoms with E-state index >= 15 is 0 Å². The summed E-state index contributed by atoms with van der Waals surface area (Å²) < 4.78 is 17.4. The third-order valence-electron chi connectivity index (χ3n) is 2.77. The Morgan fingerprint density at radius 3 is 2.81 bits per heavy atom. The van der Waals surface area contributed by atoms with Gasteiger partial charge in [-0.25, -0.2) is 4.39 Å². The second-order valence-corrected chi connectivity index (χ2v) is 5.86. The van der Waals surface area contributed by atoms with Crippen LogP contribution >= 0.6 is 22.9 Å². The van der Waals surface area contributed by atoms with Crippen molar-refractivity contribution in [2.24, 2.45) is 0 Å². The van der Waals surface area contributed by atoms with Crippen molar-refractivity contribution < 1.29 is 9.18 Å². The molecular formula is C15H9FN2OS2. The first-order chi connectivity index (χ1) is 10.2. The first-order valence-corrected chi connectivity index (χ1v) is 7.73. The van der Waals surface area contributed by atoms with Crippen molar-refractivity contribution in [2.45, 2.75) is 0 Å². The number of carbonyl (C=O) groups excluding carboxylic acids is 1. The highest BCUT2D eigenvalue weighted by Crippen LogP contribution is 2.30. The third-order valence-corrected chi connectivity index (χ3v) is 4.43. The largest absolute Gasteiger partial charge is 0.288 e. The molecule has 21 heavy (non-hydrogen) atoms. The molecule has 1 aromatic carbocycles. The molecule has 0 radical (unpaired) electrons. The molecule has 6 heteroatoms. The van der Waals surface area contributed by atoms with Crippen molar-refractivity contribution in [1.82, 2.24) is 9.59 Å². The highest BCUT2D eigenvalue weighted by molar-refractivity contribution is 7.17. The number of ketones is 1. The van der Waals surface area contributed by atoms with Gasteiger partial charge >= 0.3 is 0 Å². The molecule has 0 saturated carbocycles. The van der Waals surface area contributed by atoms with Crippen molar-refractivity contribution >= 4 is 34.7 Å². The molecule has 0 aliphatic heterocycles. The predicted molar refractivity (Wildman–Crippen MR) is 83.0 cm³/mol. The molecule has 3 aromatic rings. The number of nitrogens with zero attached hydrogens (tertiary/aromatic N) is 2. The smallest absolute Gasteiger partial charge is 0.195 e. The van der Waals surface area contributed by atoms with E-state index < -0.39 is 0 Å². The van der Waals surface area contributed by atoms with E-state index in [1.54, 1.807) is 41.8 Å². The Morgan fingerprint density at radius 2 is 2.05 bits per heavy atom. The zero-order chi connectivity index (χ0) is 14.7. The van der Waals surface area contributed by atoms with E-state index in [4.69, 9.17) is 0 Å². The Morgan fingerprint density at radius 1 is 1.19 bits per heavy atom. The number of rotatable bonds is 4. The summed E-state index contributed by atoms with van der Waals surface area (Å²) in [6.45, 7) is 0. The van der Waals surface area contributed by atoms with E-state index in [1.807, 2.05) is 0 Å². The van der Waals surface area contributed by atoms with E-state index in [9.17, 15) is 9.18 Å². The number of aromatic nitrogens is 2. The summed E-state index contributed by atoms with van der Waals surface area (Å²) >= 11 is 2.50. The van der Waals surface area contributed by atoms with E-state index in [0.717, 1.165) is 4.88 Å². The zero-order valence-electron chi connectivity index (χ0n) is 10.7. The van der Waals surface area contributed by atoms with Crippen molar-refractivity contribution in [3.05, 3.63) is 64.2 Å². The van der Waals surface area contributed by atoms with Crippen LogP contribution in [0.1, 0.15) is 15.4 Å². The summed E-state index contributed by atoms with van der Waals surface area (Å²) in [5.74, 6) is -0.418. The Balaban J connectivity index is 1.82. The minimum atomic E-state index is -0.289. The van der Waals surface area contributed by atoms with Gasteiger partial charge in [-0.15, -0.1) is 16.4 Å². The van der Waals surface area contributed by atoms with Gasteiger partial charge < -0.3 is 0 Å². The van der Waals surface area contributed by atoms with E-state index in [0.29, 0.717) is 16.1 Å². The molecule has 0 spiro atoms. The van der Waals surface area contributed by atoms with Crippen molar-refractivity contribution in [3.63, 3.8) is 0 Å². The highest BCUT2D eigenvalue weighted by Gasteiger charge is 2.10. The van der Waals surface area contributed by atoms with Gasteiger partial charge in [0.15, 0.2) is 5.78 Å². The fraction of sp³-hybridized carbons (Fsp3) is 0. The van der Waals surface area contributed by atoms with Gasteiger partial charge in [0, 0.05) is 15.8 Å². The Labute approximate surface area is 128 Å². The minimum Gasteiger partial charge on any atom is -0.288 e. The third kappa shape index (κ3) is 3.12. The van der Waals surface area contributed by atoms with Crippen molar-refractivity contribution in [1.29, 1.82) is 0 Å². The van der Waals surface area contributed by atoms with Gasteiger partial charge in [0.1, 0.15) is 5.82 Å². The van der Waals surface area contributed by atoms with Gasteiger partial charge in [-0.3, -0.25) is 4.79 Å². The molecule has 104 valence electrons. The summed E-state index contributed by atoms with van der Waals surface area (Å²) in [5, 5.41) is 5.58. The lowest BCUT2D eigenvalue weighted by molar-refractivity contribution is 0.105. The summed E-state index contributed by atoms with van der Waals surface area (Å²) in [6, 6.07) is 9.99. The van der Waals surface area contributed by atoms with Gasteiger partial charge in [-0.2, -0.15) is 0 Å². The number of halogens is 1. The van der Waals surface area contributed by atoms with Crippen LogP contribution in [0.15, 0.2) is 47.9 Å². The van der Waals surface area contributed by atoms with Gasteiger partial charge in [-0.1, -0.05) is 22.7 Å². The minimum absolute atomic E-state index is 0.129. The lowest BCUT2D eigenvalue weighted by Crippen LogP contribution is -1.88. The molecule has 0 N–H and O–H groups in total. The Bertz CT molecular complexity index is 794. The highest BCUT2D eigenvalue weighted by atomic mass is 32.1. The molecule has 3 nitrogen and oxygen atoms in total. The molecule has 2 heterocycles. The van der Waals surface area contributed by atoms with Crippen LogP contribution in [0.3, 0.4) is 0 Å². The second-order valence-electron chi connectivity index (χ2n) is 4.17. The molecule has 3 rings (SSSR count). The number of thiophene rings is 1.